The summed E-state index contributed by atoms with van der Waals surface area (Å²) in [6.45, 7) is 4.69. The van der Waals surface area contributed by atoms with Gasteiger partial charge < -0.3 is 16.2 Å². The molecule has 0 aliphatic heterocycles. The second kappa shape index (κ2) is 5.23. The van der Waals surface area contributed by atoms with Gasteiger partial charge in [-0.1, -0.05) is 0 Å². The highest BCUT2D eigenvalue weighted by atomic mass is 16.6. The van der Waals surface area contributed by atoms with E-state index < -0.39 is 16.4 Å². The van der Waals surface area contributed by atoms with Crippen LogP contribution < -0.4 is 16.2 Å². The van der Waals surface area contributed by atoms with Gasteiger partial charge in [0.05, 0.1) is 11.0 Å². The van der Waals surface area contributed by atoms with Crippen molar-refractivity contribution in [3.63, 3.8) is 0 Å². The second-order valence-corrected chi connectivity index (χ2v) is 4.73. The van der Waals surface area contributed by atoms with E-state index >= 15 is 0 Å². The third-order valence-corrected chi connectivity index (χ3v) is 2.78. The molecule has 0 aliphatic rings. The van der Waals surface area contributed by atoms with E-state index in [0.29, 0.717) is 11.3 Å². The standard InChI is InChI=1S/C12H17N3O4/c1-7-4-8(2)10(5-9(7)15(17)18)19-6-12(3,14)11(13)16/h4-5H,6,14H2,1-3H3,(H2,13,16). The van der Waals surface area contributed by atoms with Crippen LogP contribution in [0.5, 0.6) is 5.75 Å². The van der Waals surface area contributed by atoms with E-state index in [9.17, 15) is 14.9 Å². The molecule has 0 saturated heterocycles. The lowest BCUT2D eigenvalue weighted by Crippen LogP contribution is -2.53. The van der Waals surface area contributed by atoms with Gasteiger partial charge >= 0.3 is 0 Å². The summed E-state index contributed by atoms with van der Waals surface area (Å²) in [5.41, 5.74) is 10.7. The molecule has 1 rings (SSSR count). The molecule has 1 atom stereocenters. The Morgan fingerprint density at radius 3 is 2.47 bits per heavy atom. The Kier molecular flexibility index (Phi) is 4.10. The monoisotopic (exact) mass is 267 g/mol. The molecule has 0 heterocycles. The average Bonchev–Trinajstić information content (AvgIpc) is 2.27. The number of carbonyl (C=O) groups excluding carboxylic acids is 1. The Morgan fingerprint density at radius 1 is 1.42 bits per heavy atom. The average molecular weight is 267 g/mol. The van der Waals surface area contributed by atoms with Gasteiger partial charge in [-0.15, -0.1) is 0 Å². The topological polar surface area (TPSA) is 121 Å². The molecule has 0 aliphatic carbocycles. The van der Waals surface area contributed by atoms with Gasteiger partial charge in [-0.05, 0) is 32.4 Å². The zero-order chi connectivity index (χ0) is 14.8. The van der Waals surface area contributed by atoms with Gasteiger partial charge in [-0.2, -0.15) is 0 Å². The zero-order valence-corrected chi connectivity index (χ0v) is 11.1. The number of carbonyl (C=O) groups is 1. The van der Waals surface area contributed by atoms with Gasteiger partial charge in [0, 0.05) is 5.56 Å². The zero-order valence-electron chi connectivity index (χ0n) is 11.1. The molecule has 19 heavy (non-hydrogen) atoms. The predicted octanol–water partition coefficient (Wildman–Crippen LogP) is 0.793. The lowest BCUT2D eigenvalue weighted by molar-refractivity contribution is -0.385. The number of nitro groups is 1. The van der Waals surface area contributed by atoms with Gasteiger partial charge in [0.15, 0.2) is 0 Å². The van der Waals surface area contributed by atoms with Crippen LogP contribution in [0.4, 0.5) is 5.69 Å². The summed E-state index contributed by atoms with van der Waals surface area (Å²) < 4.78 is 5.38. The van der Waals surface area contributed by atoms with Gasteiger partial charge in [0.2, 0.25) is 5.91 Å². The van der Waals surface area contributed by atoms with Crippen molar-refractivity contribution in [1.82, 2.24) is 0 Å². The normalized spacial score (nSPS) is 13.7. The number of nitro benzene ring substituents is 1. The molecule has 7 heteroatoms. The number of aryl methyl sites for hydroxylation is 2. The molecule has 104 valence electrons. The van der Waals surface area contributed by atoms with E-state index in [2.05, 4.69) is 0 Å². The third-order valence-electron chi connectivity index (χ3n) is 2.78. The number of nitrogens with zero attached hydrogens (tertiary/aromatic N) is 1. The van der Waals surface area contributed by atoms with Crippen molar-refractivity contribution in [2.45, 2.75) is 26.3 Å². The summed E-state index contributed by atoms with van der Waals surface area (Å²) in [6, 6.07) is 2.97. The van der Waals surface area contributed by atoms with Crippen LogP contribution in [0.2, 0.25) is 0 Å². The number of nitrogens with two attached hydrogens (primary N) is 2. The molecular formula is C12H17N3O4. The van der Waals surface area contributed by atoms with E-state index in [1.54, 1.807) is 19.9 Å². The van der Waals surface area contributed by atoms with E-state index in [1.807, 2.05) is 0 Å². The number of ether oxygens (including phenoxy) is 1. The molecule has 1 amide bonds. The summed E-state index contributed by atoms with van der Waals surface area (Å²) >= 11 is 0. The Morgan fingerprint density at radius 2 is 2.00 bits per heavy atom. The van der Waals surface area contributed by atoms with E-state index in [1.165, 1.54) is 13.0 Å². The molecule has 1 aromatic carbocycles. The lowest BCUT2D eigenvalue weighted by Gasteiger charge is -2.21. The van der Waals surface area contributed by atoms with Crippen molar-refractivity contribution in [3.8, 4) is 5.75 Å². The van der Waals surface area contributed by atoms with Crippen LogP contribution in [0.25, 0.3) is 0 Å². The number of benzene rings is 1. The van der Waals surface area contributed by atoms with E-state index in [4.69, 9.17) is 16.2 Å². The highest BCUT2D eigenvalue weighted by molar-refractivity contribution is 5.84. The Bertz CT molecular complexity index is 526. The van der Waals surface area contributed by atoms with Crippen LogP contribution in [0.15, 0.2) is 12.1 Å². The first-order valence-electron chi connectivity index (χ1n) is 5.62. The van der Waals surface area contributed by atoms with Crippen molar-refractivity contribution in [1.29, 1.82) is 0 Å². The van der Waals surface area contributed by atoms with Crippen molar-refractivity contribution in [2.75, 3.05) is 6.61 Å². The van der Waals surface area contributed by atoms with Crippen molar-refractivity contribution < 1.29 is 14.5 Å². The minimum atomic E-state index is -1.33. The van der Waals surface area contributed by atoms with E-state index in [-0.39, 0.29) is 12.3 Å². The fraction of sp³-hybridized carbons (Fsp3) is 0.417. The molecular weight excluding hydrogens is 250 g/mol. The summed E-state index contributed by atoms with van der Waals surface area (Å²) in [5, 5.41) is 10.8. The maximum Gasteiger partial charge on any atom is 0.276 e. The molecule has 4 N–H and O–H groups in total. The molecule has 0 aromatic heterocycles. The quantitative estimate of drug-likeness (QED) is 0.603. The third kappa shape index (κ3) is 3.41. The first-order valence-corrected chi connectivity index (χ1v) is 5.62. The fourth-order valence-corrected chi connectivity index (χ4v) is 1.47. The van der Waals surface area contributed by atoms with Crippen molar-refractivity contribution >= 4 is 11.6 Å². The highest BCUT2D eigenvalue weighted by Gasteiger charge is 2.27. The number of hydrogen-bond acceptors (Lipinski definition) is 5. The second-order valence-electron chi connectivity index (χ2n) is 4.73. The van der Waals surface area contributed by atoms with Gasteiger partial charge in [0.25, 0.3) is 5.69 Å². The number of primary amides is 1. The maximum atomic E-state index is 11.1. The number of amides is 1. The number of rotatable bonds is 5. The fourth-order valence-electron chi connectivity index (χ4n) is 1.47. The SMILES string of the molecule is Cc1cc(C)c([N+](=O)[O-])cc1OCC(C)(N)C(N)=O. The van der Waals surface area contributed by atoms with Crippen molar-refractivity contribution in [3.05, 3.63) is 33.4 Å². The molecule has 0 spiro atoms. The summed E-state index contributed by atoms with van der Waals surface area (Å²) in [7, 11) is 0. The minimum Gasteiger partial charge on any atom is -0.491 e. The first kappa shape index (κ1) is 14.9. The van der Waals surface area contributed by atoms with Crippen molar-refractivity contribution in [2.24, 2.45) is 11.5 Å². The molecule has 0 saturated carbocycles. The minimum absolute atomic E-state index is 0.0431. The van der Waals surface area contributed by atoms with Crippen LogP contribution in [0.1, 0.15) is 18.1 Å². The molecule has 0 fully saturated rings. The van der Waals surface area contributed by atoms with E-state index in [0.717, 1.165) is 5.56 Å². The maximum absolute atomic E-state index is 11.1. The Hall–Kier alpha value is -2.15. The first-order chi connectivity index (χ1) is 8.65. The smallest absolute Gasteiger partial charge is 0.276 e. The van der Waals surface area contributed by atoms with Crippen LogP contribution in [0.3, 0.4) is 0 Å². The Balaban J connectivity index is 2.99. The Labute approximate surface area is 110 Å². The number of hydrogen-bond donors (Lipinski definition) is 2. The highest BCUT2D eigenvalue weighted by Crippen LogP contribution is 2.28. The van der Waals surface area contributed by atoms with Crippen LogP contribution >= 0.6 is 0 Å². The molecule has 0 bridgehead atoms. The predicted molar refractivity (Wildman–Crippen MR) is 69.9 cm³/mol. The summed E-state index contributed by atoms with van der Waals surface area (Å²) in [4.78, 5) is 21.4. The van der Waals surface area contributed by atoms with Gasteiger partial charge in [0.1, 0.15) is 17.9 Å². The lowest BCUT2D eigenvalue weighted by atomic mass is 10.1. The summed E-state index contributed by atoms with van der Waals surface area (Å²) in [6.07, 6.45) is 0. The molecule has 1 unspecified atom stereocenters. The largest absolute Gasteiger partial charge is 0.491 e. The van der Waals surface area contributed by atoms with Gasteiger partial charge in [-0.3, -0.25) is 14.9 Å². The van der Waals surface area contributed by atoms with Crippen LogP contribution in [-0.2, 0) is 4.79 Å². The van der Waals surface area contributed by atoms with Crippen LogP contribution in [0, 0.1) is 24.0 Å². The molecule has 0 radical (unpaired) electrons. The molecule has 7 nitrogen and oxygen atoms in total. The summed E-state index contributed by atoms with van der Waals surface area (Å²) in [5.74, 6) is -0.387. The molecule has 1 aromatic rings. The van der Waals surface area contributed by atoms with Crippen LogP contribution in [-0.4, -0.2) is 23.0 Å². The van der Waals surface area contributed by atoms with Gasteiger partial charge in [-0.25, -0.2) is 0 Å².